The zero-order chi connectivity index (χ0) is 17.5. The van der Waals surface area contributed by atoms with Crippen LogP contribution in [-0.2, 0) is 4.79 Å². The van der Waals surface area contributed by atoms with Gasteiger partial charge in [-0.1, -0.05) is 26.0 Å². The van der Waals surface area contributed by atoms with E-state index in [1.54, 1.807) is 7.11 Å². The number of nitriles is 1. The van der Waals surface area contributed by atoms with Crippen LogP contribution in [0.5, 0.6) is 5.75 Å². The van der Waals surface area contributed by atoms with Gasteiger partial charge in [-0.15, -0.1) is 0 Å². The predicted molar refractivity (Wildman–Crippen MR) is 92.2 cm³/mol. The third kappa shape index (κ3) is 2.71. The molecule has 1 heterocycles. The summed E-state index contributed by atoms with van der Waals surface area (Å²) in [4.78, 5) is 12.9. The molecule has 0 fully saturated rings. The molecule has 24 heavy (non-hydrogen) atoms. The number of benzene rings is 1. The van der Waals surface area contributed by atoms with Gasteiger partial charge < -0.3 is 10.1 Å². The van der Waals surface area contributed by atoms with Crippen molar-refractivity contribution in [2.75, 3.05) is 7.11 Å². The van der Waals surface area contributed by atoms with Crippen LogP contribution in [-0.4, -0.2) is 12.9 Å². The molecule has 0 radical (unpaired) electrons. The van der Waals surface area contributed by atoms with Crippen LogP contribution in [0.4, 0.5) is 0 Å². The molecule has 1 N–H and O–H groups in total. The summed E-state index contributed by atoms with van der Waals surface area (Å²) < 4.78 is 5.22. The molecule has 4 nitrogen and oxygen atoms in total. The third-order valence-electron chi connectivity index (χ3n) is 4.81. The molecular formula is C20H22N2O2. The van der Waals surface area contributed by atoms with Gasteiger partial charge in [0.25, 0.3) is 0 Å². The Kier molecular flexibility index (Phi) is 3.96. The largest absolute Gasteiger partial charge is 0.497 e. The Morgan fingerprint density at radius 2 is 1.92 bits per heavy atom. The molecule has 0 aromatic heterocycles. The average Bonchev–Trinajstić information content (AvgIpc) is 2.52. The molecule has 1 aromatic carbocycles. The molecular weight excluding hydrogens is 300 g/mol. The van der Waals surface area contributed by atoms with Gasteiger partial charge >= 0.3 is 0 Å². The lowest BCUT2D eigenvalue weighted by Crippen LogP contribution is -2.36. The van der Waals surface area contributed by atoms with E-state index < -0.39 is 0 Å². The number of carbonyl (C=O) groups is 1. The molecule has 0 bridgehead atoms. The molecule has 0 saturated heterocycles. The highest BCUT2D eigenvalue weighted by Crippen LogP contribution is 2.46. The van der Waals surface area contributed by atoms with Crippen molar-refractivity contribution in [3.05, 3.63) is 52.4 Å². The highest BCUT2D eigenvalue weighted by atomic mass is 16.5. The molecule has 0 amide bonds. The second-order valence-electron chi connectivity index (χ2n) is 7.31. The molecule has 0 spiro atoms. The summed E-state index contributed by atoms with van der Waals surface area (Å²) >= 11 is 0. The van der Waals surface area contributed by atoms with Gasteiger partial charge in [-0.2, -0.15) is 5.26 Å². The van der Waals surface area contributed by atoms with Crippen LogP contribution in [0.2, 0.25) is 0 Å². The second kappa shape index (κ2) is 5.83. The number of nitrogens with one attached hydrogen (secondary N) is 1. The maximum Gasteiger partial charge on any atom is 0.162 e. The number of ether oxygens (including phenoxy) is 1. The van der Waals surface area contributed by atoms with Crippen LogP contribution in [0, 0.1) is 16.7 Å². The Morgan fingerprint density at radius 3 is 2.50 bits per heavy atom. The first-order valence-electron chi connectivity index (χ1n) is 8.14. The number of dihydropyridines is 1. The van der Waals surface area contributed by atoms with E-state index in [9.17, 15) is 10.1 Å². The van der Waals surface area contributed by atoms with E-state index in [4.69, 9.17) is 4.74 Å². The molecule has 1 atom stereocenters. The van der Waals surface area contributed by atoms with Gasteiger partial charge in [0.05, 0.1) is 24.7 Å². The average molecular weight is 322 g/mol. The van der Waals surface area contributed by atoms with Gasteiger partial charge in [-0.25, -0.2) is 0 Å². The highest BCUT2D eigenvalue weighted by Gasteiger charge is 2.40. The Hall–Kier alpha value is -2.54. The Balaban J connectivity index is 2.14. The fourth-order valence-corrected chi connectivity index (χ4v) is 3.71. The van der Waals surface area contributed by atoms with Crippen LogP contribution in [0.1, 0.15) is 45.1 Å². The van der Waals surface area contributed by atoms with Gasteiger partial charge in [0.15, 0.2) is 5.78 Å². The van der Waals surface area contributed by atoms with Crippen molar-refractivity contribution in [3.63, 3.8) is 0 Å². The van der Waals surface area contributed by atoms with Crippen LogP contribution in [0.15, 0.2) is 46.8 Å². The van der Waals surface area contributed by atoms with Crippen molar-refractivity contribution in [2.24, 2.45) is 5.41 Å². The molecule has 4 heteroatoms. The van der Waals surface area contributed by atoms with Gasteiger partial charge in [-0.3, -0.25) is 4.79 Å². The molecule has 0 unspecified atom stereocenters. The fourth-order valence-electron chi connectivity index (χ4n) is 3.71. The quantitative estimate of drug-likeness (QED) is 0.899. The van der Waals surface area contributed by atoms with Gasteiger partial charge in [0.2, 0.25) is 0 Å². The molecule has 0 saturated carbocycles. The Labute approximate surface area is 142 Å². The molecule has 124 valence electrons. The zero-order valence-electron chi connectivity index (χ0n) is 14.6. The monoisotopic (exact) mass is 322 g/mol. The van der Waals surface area contributed by atoms with Crippen molar-refractivity contribution in [2.45, 2.75) is 39.5 Å². The van der Waals surface area contributed by atoms with Crippen molar-refractivity contribution in [3.8, 4) is 11.8 Å². The standard InChI is InChI=1S/C20H22N2O2/c1-12-15(11-21)18(13-5-7-14(24-4)8-6-13)19-16(22-12)9-20(2,3)10-17(19)23/h5-8,18,22H,9-10H2,1-4H3/t18-/m1/s1. The van der Waals surface area contributed by atoms with Crippen molar-refractivity contribution >= 4 is 5.78 Å². The molecule has 1 aliphatic heterocycles. The molecule has 3 rings (SSSR count). The minimum absolute atomic E-state index is 0.0577. The van der Waals surface area contributed by atoms with Crippen molar-refractivity contribution in [1.29, 1.82) is 5.26 Å². The summed E-state index contributed by atoms with van der Waals surface area (Å²) in [6.45, 7) is 6.13. The van der Waals surface area contributed by atoms with Gasteiger partial charge in [-0.05, 0) is 36.5 Å². The molecule has 1 aromatic rings. The number of methoxy groups -OCH3 is 1. The summed E-state index contributed by atoms with van der Waals surface area (Å²) in [5, 5.41) is 13.0. The number of Topliss-reactive ketones (excluding diaryl/α,β-unsaturated/α-hetero) is 1. The Morgan fingerprint density at radius 1 is 1.25 bits per heavy atom. The molecule has 1 aliphatic carbocycles. The number of allylic oxidation sites excluding steroid dienone is 4. The van der Waals surface area contributed by atoms with Crippen molar-refractivity contribution < 1.29 is 9.53 Å². The van der Waals surface area contributed by atoms with E-state index in [1.165, 1.54) is 0 Å². The third-order valence-corrected chi connectivity index (χ3v) is 4.81. The normalized spacial score (nSPS) is 22.6. The van der Waals surface area contributed by atoms with E-state index in [0.29, 0.717) is 12.0 Å². The summed E-state index contributed by atoms with van der Waals surface area (Å²) in [5.74, 6) is 0.604. The van der Waals surface area contributed by atoms with Crippen LogP contribution in [0.3, 0.4) is 0 Å². The topological polar surface area (TPSA) is 62.1 Å². The summed E-state index contributed by atoms with van der Waals surface area (Å²) in [5.41, 5.74) is 4.07. The number of hydrogen-bond acceptors (Lipinski definition) is 4. The molecule has 2 aliphatic rings. The first kappa shape index (κ1) is 16.3. The van der Waals surface area contributed by atoms with Gasteiger partial charge in [0, 0.05) is 23.4 Å². The maximum absolute atomic E-state index is 12.9. The number of hydrogen-bond donors (Lipinski definition) is 1. The maximum atomic E-state index is 12.9. The highest BCUT2D eigenvalue weighted by molar-refractivity contribution is 6.00. The first-order valence-corrected chi connectivity index (χ1v) is 8.14. The Bertz CT molecular complexity index is 792. The van der Waals surface area contributed by atoms with E-state index in [2.05, 4.69) is 25.2 Å². The lowest BCUT2D eigenvalue weighted by atomic mass is 9.69. The smallest absolute Gasteiger partial charge is 0.162 e. The number of ketones is 1. The summed E-state index contributed by atoms with van der Waals surface area (Å²) in [6.07, 6.45) is 1.33. The fraction of sp³-hybridized carbons (Fsp3) is 0.400. The number of carbonyl (C=O) groups excluding carboxylic acids is 1. The predicted octanol–water partition coefficient (Wildman–Crippen LogP) is 3.82. The lowest BCUT2D eigenvalue weighted by molar-refractivity contribution is -0.118. The minimum Gasteiger partial charge on any atom is -0.497 e. The lowest BCUT2D eigenvalue weighted by Gasteiger charge is -2.38. The SMILES string of the molecule is COc1ccc([C@@H]2C(C#N)=C(C)NC3=C2C(=O)CC(C)(C)C3)cc1. The first-order chi connectivity index (χ1) is 11.4. The van der Waals surface area contributed by atoms with Crippen molar-refractivity contribution in [1.82, 2.24) is 5.32 Å². The van der Waals surface area contributed by atoms with E-state index >= 15 is 0 Å². The van der Waals surface area contributed by atoms with Crippen LogP contribution >= 0.6 is 0 Å². The second-order valence-corrected chi connectivity index (χ2v) is 7.31. The zero-order valence-corrected chi connectivity index (χ0v) is 14.6. The van der Waals surface area contributed by atoms with Gasteiger partial charge in [0.1, 0.15) is 5.75 Å². The van der Waals surface area contributed by atoms with E-state index in [-0.39, 0.29) is 17.1 Å². The number of nitrogens with zero attached hydrogens (tertiary/aromatic N) is 1. The number of rotatable bonds is 2. The van der Waals surface area contributed by atoms with E-state index in [1.807, 2.05) is 31.2 Å². The summed E-state index contributed by atoms with van der Waals surface area (Å²) in [7, 11) is 1.62. The van der Waals surface area contributed by atoms with E-state index in [0.717, 1.165) is 34.7 Å². The summed E-state index contributed by atoms with van der Waals surface area (Å²) in [6, 6.07) is 9.94. The van der Waals surface area contributed by atoms with Crippen LogP contribution < -0.4 is 10.1 Å². The minimum atomic E-state index is -0.291. The van der Waals surface area contributed by atoms with Crippen LogP contribution in [0.25, 0.3) is 0 Å².